The molecular formula is C41H45N3O12S2. The molecule has 3 heterocycles. The highest BCUT2D eigenvalue weighted by molar-refractivity contribution is 7.17. The van der Waals surface area contributed by atoms with Gasteiger partial charge < -0.3 is 29.6 Å². The van der Waals surface area contributed by atoms with Crippen LogP contribution in [-0.2, 0) is 59.0 Å². The summed E-state index contributed by atoms with van der Waals surface area (Å²) >= 11 is 2.56. The number of anilines is 2. The zero-order valence-electron chi connectivity index (χ0n) is 33.1. The van der Waals surface area contributed by atoms with Crippen LogP contribution in [0.3, 0.4) is 0 Å². The standard InChI is InChI=1S/C41H45N3O12S2/c1-19(2)13-27(39(50)56-18-31(46)43-35-33(41(52)54-6)25-11-8-21(4)15-29(25)58-35)44-36(47)23-12-9-22(16-26(23)37(44)48)38(49)55-17-30(45)42-34-32(40(51)53-5)24-10-7-20(3)14-28(24)57-34/h9,12,16,19-21,27H,7-8,10-11,13-15,17-18H2,1-6H3,(H,42,45)(H,43,46)/t20-,21+,27+/m1/s1. The van der Waals surface area contributed by atoms with Gasteiger partial charge >= 0.3 is 23.9 Å². The molecule has 4 amide bonds. The first-order valence-electron chi connectivity index (χ1n) is 19.0. The van der Waals surface area contributed by atoms with E-state index in [1.807, 2.05) is 0 Å². The largest absolute Gasteiger partial charge is 0.465 e. The lowest BCUT2D eigenvalue weighted by Crippen LogP contribution is -2.46. The average Bonchev–Trinajstić information content (AvgIpc) is 3.81. The molecule has 1 aromatic carbocycles. The summed E-state index contributed by atoms with van der Waals surface area (Å²) in [6, 6.07) is 2.29. The second-order valence-electron chi connectivity index (χ2n) is 15.3. The van der Waals surface area contributed by atoms with E-state index in [1.165, 1.54) is 49.0 Å². The minimum Gasteiger partial charge on any atom is -0.465 e. The number of fused-ring (bicyclic) bond motifs is 3. The number of hydrogen-bond acceptors (Lipinski definition) is 14. The first-order valence-corrected chi connectivity index (χ1v) is 20.7. The summed E-state index contributed by atoms with van der Waals surface area (Å²) in [5, 5.41) is 5.94. The molecule has 2 N–H and O–H groups in total. The van der Waals surface area contributed by atoms with E-state index in [0.717, 1.165) is 57.5 Å². The van der Waals surface area contributed by atoms with E-state index in [0.29, 0.717) is 40.2 Å². The summed E-state index contributed by atoms with van der Waals surface area (Å²) in [5.74, 6) is -5.52. The van der Waals surface area contributed by atoms with Gasteiger partial charge in [0.25, 0.3) is 23.6 Å². The number of ether oxygens (including phenoxy) is 4. The maximum Gasteiger partial charge on any atom is 0.341 e. The minimum atomic E-state index is -1.40. The average molecular weight is 836 g/mol. The number of carbonyl (C=O) groups is 8. The summed E-state index contributed by atoms with van der Waals surface area (Å²) in [5.41, 5.74) is 1.92. The van der Waals surface area contributed by atoms with Gasteiger partial charge in [0.2, 0.25) is 0 Å². The Bertz CT molecular complexity index is 2200. The Morgan fingerprint density at radius 2 is 1.24 bits per heavy atom. The zero-order valence-corrected chi connectivity index (χ0v) is 34.7. The Kier molecular flexibility index (Phi) is 12.8. The van der Waals surface area contributed by atoms with Crippen molar-refractivity contribution < 1.29 is 57.3 Å². The Morgan fingerprint density at radius 3 is 1.74 bits per heavy atom. The monoisotopic (exact) mass is 835 g/mol. The minimum absolute atomic E-state index is 0.0161. The molecule has 0 bridgehead atoms. The number of nitrogens with one attached hydrogen (secondary N) is 2. The number of methoxy groups -OCH3 is 2. The van der Waals surface area contributed by atoms with Gasteiger partial charge in [0.15, 0.2) is 13.2 Å². The highest BCUT2D eigenvalue weighted by Gasteiger charge is 2.44. The molecule has 1 aliphatic heterocycles. The number of benzene rings is 1. The van der Waals surface area contributed by atoms with Crippen LogP contribution in [0, 0.1) is 17.8 Å². The van der Waals surface area contributed by atoms with Crippen LogP contribution in [0.1, 0.15) is 120 Å². The van der Waals surface area contributed by atoms with Gasteiger partial charge in [-0.3, -0.25) is 24.1 Å². The summed E-state index contributed by atoms with van der Waals surface area (Å²) in [7, 11) is 2.52. The van der Waals surface area contributed by atoms with Gasteiger partial charge in [-0.05, 0) is 92.0 Å². The number of amides is 4. The van der Waals surface area contributed by atoms with Crippen molar-refractivity contribution in [3.05, 3.63) is 66.9 Å². The van der Waals surface area contributed by atoms with Crippen LogP contribution < -0.4 is 10.6 Å². The first kappa shape index (κ1) is 42.2. The van der Waals surface area contributed by atoms with Crippen LogP contribution in [0.15, 0.2) is 18.2 Å². The molecule has 0 fully saturated rings. The van der Waals surface area contributed by atoms with Crippen molar-refractivity contribution in [2.75, 3.05) is 38.1 Å². The molecule has 2 aromatic heterocycles. The zero-order chi connectivity index (χ0) is 42.0. The Morgan fingerprint density at radius 1 is 0.741 bits per heavy atom. The molecule has 15 nitrogen and oxygen atoms in total. The van der Waals surface area contributed by atoms with Crippen molar-refractivity contribution in [2.45, 2.75) is 78.7 Å². The van der Waals surface area contributed by atoms with E-state index < -0.39 is 66.8 Å². The summed E-state index contributed by atoms with van der Waals surface area (Å²) < 4.78 is 20.5. The topological polar surface area (TPSA) is 201 Å². The summed E-state index contributed by atoms with van der Waals surface area (Å²) in [6.45, 7) is 6.33. The number of nitrogens with zero attached hydrogens (tertiary/aromatic N) is 1. The molecule has 6 rings (SSSR count). The molecule has 0 radical (unpaired) electrons. The summed E-state index contributed by atoms with van der Waals surface area (Å²) in [6.07, 6.45) is 4.65. The lowest BCUT2D eigenvalue weighted by Gasteiger charge is -2.25. The van der Waals surface area contributed by atoms with Crippen molar-refractivity contribution >= 4 is 80.2 Å². The van der Waals surface area contributed by atoms with Crippen LogP contribution >= 0.6 is 22.7 Å². The van der Waals surface area contributed by atoms with Crippen LogP contribution in [0.2, 0.25) is 0 Å². The van der Waals surface area contributed by atoms with E-state index in [4.69, 9.17) is 18.9 Å². The van der Waals surface area contributed by atoms with Gasteiger partial charge in [-0.25, -0.2) is 19.2 Å². The predicted molar refractivity (Wildman–Crippen MR) is 212 cm³/mol. The van der Waals surface area contributed by atoms with Crippen LogP contribution in [-0.4, -0.2) is 85.9 Å². The van der Waals surface area contributed by atoms with E-state index in [9.17, 15) is 38.4 Å². The molecule has 58 heavy (non-hydrogen) atoms. The Labute approximate surface area is 342 Å². The predicted octanol–water partition coefficient (Wildman–Crippen LogP) is 5.62. The third-order valence-corrected chi connectivity index (χ3v) is 12.8. The van der Waals surface area contributed by atoms with E-state index in [2.05, 4.69) is 24.5 Å². The van der Waals surface area contributed by atoms with Crippen molar-refractivity contribution in [1.82, 2.24) is 4.90 Å². The number of thiophene rings is 2. The van der Waals surface area contributed by atoms with Crippen LogP contribution in [0.4, 0.5) is 10.0 Å². The maximum atomic E-state index is 13.7. The van der Waals surface area contributed by atoms with Gasteiger partial charge in [-0.1, -0.05) is 27.7 Å². The molecule has 0 unspecified atom stereocenters. The Hall–Kier alpha value is -5.42. The van der Waals surface area contributed by atoms with Crippen LogP contribution in [0.25, 0.3) is 0 Å². The van der Waals surface area contributed by atoms with Gasteiger partial charge in [-0.2, -0.15) is 0 Å². The fourth-order valence-corrected chi connectivity index (χ4v) is 10.3. The van der Waals surface area contributed by atoms with E-state index in [-0.39, 0.29) is 34.6 Å². The highest BCUT2D eigenvalue weighted by atomic mass is 32.1. The molecule has 17 heteroatoms. The quantitative estimate of drug-likeness (QED) is 0.123. The highest BCUT2D eigenvalue weighted by Crippen LogP contribution is 2.41. The Balaban J connectivity index is 1.10. The van der Waals surface area contributed by atoms with Crippen LogP contribution in [0.5, 0.6) is 0 Å². The van der Waals surface area contributed by atoms with Crippen molar-refractivity contribution in [3.8, 4) is 0 Å². The third kappa shape index (κ3) is 8.70. The number of carbonyl (C=O) groups excluding carboxylic acids is 8. The van der Waals surface area contributed by atoms with Crippen molar-refractivity contribution in [2.24, 2.45) is 17.8 Å². The van der Waals surface area contributed by atoms with Gasteiger partial charge in [0.05, 0.1) is 42.0 Å². The normalized spacial score (nSPS) is 17.5. The van der Waals surface area contributed by atoms with Crippen molar-refractivity contribution in [1.29, 1.82) is 0 Å². The van der Waals surface area contributed by atoms with Gasteiger partial charge in [-0.15, -0.1) is 22.7 Å². The molecule has 3 aliphatic rings. The number of hydrogen-bond donors (Lipinski definition) is 2. The van der Waals surface area contributed by atoms with Gasteiger partial charge in [0, 0.05) is 9.75 Å². The number of esters is 4. The van der Waals surface area contributed by atoms with E-state index in [1.54, 1.807) is 13.8 Å². The number of imide groups is 1. The molecule has 0 saturated carbocycles. The molecular weight excluding hydrogens is 791 g/mol. The van der Waals surface area contributed by atoms with Crippen molar-refractivity contribution in [3.63, 3.8) is 0 Å². The van der Waals surface area contributed by atoms with E-state index >= 15 is 0 Å². The third-order valence-electron chi connectivity index (χ3n) is 10.4. The lowest BCUT2D eigenvalue weighted by atomic mass is 9.88. The smallest absolute Gasteiger partial charge is 0.341 e. The molecule has 0 spiro atoms. The molecule has 308 valence electrons. The molecule has 3 aromatic rings. The molecule has 3 atom stereocenters. The summed E-state index contributed by atoms with van der Waals surface area (Å²) in [4.78, 5) is 108. The lowest BCUT2D eigenvalue weighted by molar-refractivity contribution is -0.151. The molecule has 2 aliphatic carbocycles. The fourth-order valence-electron chi connectivity index (χ4n) is 7.51. The molecule has 0 saturated heterocycles. The maximum absolute atomic E-state index is 13.7. The number of rotatable bonds is 13. The van der Waals surface area contributed by atoms with Gasteiger partial charge in [0.1, 0.15) is 16.0 Å². The second kappa shape index (κ2) is 17.6. The SMILES string of the molecule is COC(=O)c1c(NC(=O)COC(=O)c2ccc3c(c2)C(=O)N([C@@H](CC(C)C)C(=O)OCC(=O)Nc2sc4c(c2C(=O)OC)CC[C@H](C)C4)C3=O)sc2c1CC[C@@H](C)C2. The first-order chi connectivity index (χ1) is 27.6. The fraction of sp³-hybridized carbons (Fsp3) is 0.463. The second-order valence-corrected chi connectivity index (χ2v) is 17.5.